The highest BCUT2D eigenvalue weighted by molar-refractivity contribution is 7.53. The number of halogens is 4. The first-order valence-electron chi connectivity index (χ1n) is 21.3. The number of fused-ring (bicyclic) bond motifs is 14. The monoisotopic (exact) mass is 914 g/mol. The fourth-order valence-electron chi connectivity index (χ4n) is 8.94. The number of hydrogen-bond donors (Lipinski definition) is 0. The molecule has 0 spiro atoms. The van der Waals surface area contributed by atoms with Crippen molar-refractivity contribution in [3.8, 4) is 4.90 Å². The molecule has 1 unspecified atom stereocenters. The summed E-state index contributed by atoms with van der Waals surface area (Å²) in [4.78, 5) is 1.42. The van der Waals surface area contributed by atoms with Crippen LogP contribution in [0.2, 0.25) is 0 Å². The Hall–Kier alpha value is -5.84. The highest BCUT2D eigenvalue weighted by atomic mass is 32.2. The van der Waals surface area contributed by atoms with Crippen LogP contribution in [0.5, 0.6) is 0 Å². The van der Waals surface area contributed by atoms with Crippen LogP contribution < -0.4 is 0 Å². The molecule has 0 aliphatic heterocycles. The Kier molecular flexibility index (Phi) is 10.0. The van der Waals surface area contributed by atoms with Crippen molar-refractivity contribution < 1.29 is 17.3 Å². The van der Waals surface area contributed by atoms with Crippen LogP contribution in [0.15, 0.2) is 170 Å². The minimum atomic E-state index is -6.00. The molecule has 0 aliphatic rings. The molecule has 0 bridgehead atoms. The van der Waals surface area contributed by atoms with Gasteiger partial charge in [0.25, 0.3) is 0 Å². The van der Waals surface area contributed by atoms with E-state index >= 15 is 0 Å². The zero-order chi connectivity index (χ0) is 43.9. The standard InChI is InChI=1S/C33H27S2.C22H12S2.BF4/c1-4-33(2,3)25-13-15-26(16-14-25)35-30-20-24-12-8-6-10-22(24)18-28(30)31-32(35)27-17-21-9-5-7-11-23(21)19-29(27)34-31;1-3-7-15-11-19-17(9-13(15)5-1)21-22(23-19)18-10-14-6-2-4-8-16(14)12-20(18)24-21;2-1(3,4)5/h5-20H,4H2,1-3H3;1-12H;/q+1;;-1. The lowest BCUT2D eigenvalue weighted by Crippen LogP contribution is -2.14. The normalized spacial score (nSPS) is 12.6. The fourth-order valence-corrected chi connectivity index (χ4v) is 15.7. The highest BCUT2D eigenvalue weighted by Crippen LogP contribution is 2.55. The molecule has 4 aromatic heterocycles. The lowest BCUT2D eigenvalue weighted by atomic mass is 9.82. The van der Waals surface area contributed by atoms with Gasteiger partial charge in [0.15, 0.2) is 9.60 Å². The third kappa shape index (κ3) is 7.29. The van der Waals surface area contributed by atoms with Crippen LogP contribution in [0.1, 0.15) is 32.8 Å². The minimum absolute atomic E-state index is 0.110. The van der Waals surface area contributed by atoms with Crippen molar-refractivity contribution in [1.29, 1.82) is 0 Å². The quantitative estimate of drug-likeness (QED) is 0.0941. The van der Waals surface area contributed by atoms with E-state index in [1.807, 2.05) is 34.0 Å². The van der Waals surface area contributed by atoms with Crippen LogP contribution in [-0.2, 0) is 5.41 Å². The Morgan fingerprint density at radius 2 is 0.781 bits per heavy atom. The van der Waals surface area contributed by atoms with Gasteiger partial charge in [0, 0.05) is 41.4 Å². The zero-order valence-electron chi connectivity index (χ0n) is 35.1. The van der Waals surface area contributed by atoms with Gasteiger partial charge >= 0.3 is 7.25 Å². The van der Waals surface area contributed by atoms with E-state index in [0.29, 0.717) is 0 Å². The SMILES string of the molecule is CCC(C)(C)c1ccc(-[s+]2c3cc4ccccc4cc3c3sc4cc5ccccc5cc4c32)cc1.F[B-](F)(F)F.c1ccc2cc3c(cc2c1)sc1c2cc4ccccc4cc2sc31. The summed E-state index contributed by atoms with van der Waals surface area (Å²) in [5.74, 6) is 0. The number of thiophene rings is 4. The van der Waals surface area contributed by atoms with E-state index in [1.54, 1.807) is 0 Å². The number of rotatable bonds is 3. The summed E-state index contributed by atoms with van der Waals surface area (Å²) in [5.41, 5.74) is 1.62. The Bertz CT molecular complexity index is 3790. The summed E-state index contributed by atoms with van der Waals surface area (Å²) in [6.45, 7) is 6.97. The maximum absolute atomic E-state index is 9.75. The Morgan fingerprint density at radius 3 is 1.20 bits per heavy atom. The fraction of sp³-hybridized carbons (Fsp3) is 0.0909. The maximum Gasteiger partial charge on any atom is 0.673 e. The lowest BCUT2D eigenvalue weighted by Gasteiger charge is -2.22. The molecule has 0 radical (unpaired) electrons. The largest absolute Gasteiger partial charge is 0.673 e. The van der Waals surface area contributed by atoms with E-state index in [0.717, 1.165) is 6.42 Å². The van der Waals surface area contributed by atoms with Gasteiger partial charge in [0.2, 0.25) is 4.70 Å². The molecule has 0 nitrogen and oxygen atoms in total. The molecule has 9 aromatic carbocycles. The molecule has 314 valence electrons. The molecule has 1 atom stereocenters. The van der Waals surface area contributed by atoms with E-state index in [9.17, 15) is 17.3 Å². The molecule has 13 rings (SSSR count). The van der Waals surface area contributed by atoms with Crippen molar-refractivity contribution in [3.05, 3.63) is 175 Å². The predicted molar refractivity (Wildman–Crippen MR) is 279 cm³/mol. The molecule has 0 saturated carbocycles. The van der Waals surface area contributed by atoms with Crippen LogP contribution in [0, 0.1) is 0 Å². The Labute approximate surface area is 381 Å². The predicted octanol–water partition coefficient (Wildman–Crippen LogP) is 19.8. The van der Waals surface area contributed by atoms with Gasteiger partial charge in [0.1, 0.15) is 4.70 Å². The van der Waals surface area contributed by atoms with Crippen LogP contribution in [-0.4, -0.2) is 7.25 Å². The maximum atomic E-state index is 9.75. The molecule has 0 fully saturated rings. The molecule has 0 amide bonds. The summed E-state index contributed by atoms with van der Waals surface area (Å²) in [5, 5.41) is 16.3. The van der Waals surface area contributed by atoms with Gasteiger partial charge in [-0.2, -0.15) is 0 Å². The van der Waals surface area contributed by atoms with E-state index in [1.165, 1.54) is 113 Å². The van der Waals surface area contributed by atoms with Gasteiger partial charge in [-0.25, -0.2) is 0 Å². The van der Waals surface area contributed by atoms with Crippen LogP contribution in [0.3, 0.4) is 0 Å². The van der Waals surface area contributed by atoms with Gasteiger partial charge in [0.05, 0.1) is 20.2 Å². The Balaban J connectivity index is 0.000000136. The average molecular weight is 915 g/mol. The zero-order valence-corrected chi connectivity index (χ0v) is 38.4. The summed E-state index contributed by atoms with van der Waals surface area (Å²) in [6, 6.07) is 63.5. The minimum Gasteiger partial charge on any atom is -0.418 e. The first-order valence-corrected chi connectivity index (χ1v) is 24.9. The second kappa shape index (κ2) is 15.7. The van der Waals surface area contributed by atoms with Gasteiger partial charge in [-0.15, -0.1) is 34.0 Å². The van der Waals surface area contributed by atoms with Crippen molar-refractivity contribution in [1.82, 2.24) is 0 Å². The number of benzene rings is 9. The van der Waals surface area contributed by atoms with E-state index in [-0.39, 0.29) is 15.9 Å². The summed E-state index contributed by atoms with van der Waals surface area (Å²) >= 11 is 5.83. The third-order valence-corrected chi connectivity index (χ3v) is 18.8. The first-order chi connectivity index (χ1) is 30.9. The molecule has 0 aliphatic carbocycles. The second-order valence-electron chi connectivity index (χ2n) is 17.0. The summed E-state index contributed by atoms with van der Waals surface area (Å²) in [6.07, 6.45) is 1.14. The van der Waals surface area contributed by atoms with E-state index in [4.69, 9.17) is 0 Å². The van der Waals surface area contributed by atoms with Crippen molar-refractivity contribution in [2.24, 2.45) is 0 Å². The van der Waals surface area contributed by atoms with Gasteiger partial charge in [-0.1, -0.05) is 130 Å². The molecule has 0 saturated heterocycles. The smallest absolute Gasteiger partial charge is 0.418 e. The number of hydrogen-bond acceptors (Lipinski definition) is 3. The third-order valence-electron chi connectivity index (χ3n) is 12.6. The van der Waals surface area contributed by atoms with Gasteiger partial charge in [-0.05, 0) is 115 Å². The van der Waals surface area contributed by atoms with Crippen molar-refractivity contribution in [2.45, 2.75) is 32.6 Å². The van der Waals surface area contributed by atoms with Crippen molar-refractivity contribution >= 4 is 154 Å². The molecule has 4 heterocycles. The Morgan fingerprint density at radius 1 is 0.438 bits per heavy atom. The topological polar surface area (TPSA) is 0 Å². The molecular weight excluding hydrogens is 876 g/mol. The van der Waals surface area contributed by atoms with Crippen LogP contribution >= 0.6 is 44.5 Å². The first kappa shape index (κ1) is 40.9. The van der Waals surface area contributed by atoms with Crippen LogP contribution in [0.25, 0.3) is 107 Å². The summed E-state index contributed by atoms with van der Waals surface area (Å²) in [7, 11) is -6.11. The highest BCUT2D eigenvalue weighted by Gasteiger charge is 2.29. The van der Waals surface area contributed by atoms with Crippen LogP contribution in [0.4, 0.5) is 17.3 Å². The van der Waals surface area contributed by atoms with Crippen molar-refractivity contribution in [2.75, 3.05) is 0 Å². The van der Waals surface area contributed by atoms with E-state index in [2.05, 4.69) is 191 Å². The van der Waals surface area contributed by atoms with Gasteiger partial charge < -0.3 is 17.3 Å². The van der Waals surface area contributed by atoms with Crippen molar-refractivity contribution in [3.63, 3.8) is 0 Å². The second-order valence-corrected chi connectivity index (χ2v) is 22.1. The lowest BCUT2D eigenvalue weighted by molar-refractivity contribution is 0.368. The molecular formula is C55H39BF4S4. The molecule has 64 heavy (non-hydrogen) atoms. The average Bonchev–Trinajstić information content (AvgIpc) is 4.02. The molecule has 9 heteroatoms. The van der Waals surface area contributed by atoms with Gasteiger partial charge in [-0.3, -0.25) is 0 Å². The summed E-state index contributed by atoms with van der Waals surface area (Å²) < 4.78 is 50.5. The van der Waals surface area contributed by atoms with E-state index < -0.39 is 7.25 Å². The molecule has 0 N–H and O–H groups in total. The molecule has 13 aromatic rings.